The number of carbonyl (C=O) groups excluding carboxylic acids is 1. The summed E-state index contributed by atoms with van der Waals surface area (Å²) in [5.74, 6) is 0.0000163. The predicted octanol–water partition coefficient (Wildman–Crippen LogP) is 2.85. The Morgan fingerprint density at radius 2 is 2.14 bits per heavy atom. The molecule has 0 aliphatic rings. The topological polar surface area (TPSA) is 101 Å². The summed E-state index contributed by atoms with van der Waals surface area (Å²) in [7, 11) is 0. The van der Waals surface area contributed by atoms with Crippen LogP contribution in [0.5, 0.6) is 5.75 Å². The summed E-state index contributed by atoms with van der Waals surface area (Å²) >= 11 is 2.49. The van der Waals surface area contributed by atoms with Gasteiger partial charge in [-0.05, 0) is 23.1 Å². The minimum absolute atomic E-state index is 0.0477. The van der Waals surface area contributed by atoms with Crippen molar-refractivity contribution in [3.63, 3.8) is 0 Å². The maximum absolute atomic E-state index is 12.0. The molecule has 0 saturated heterocycles. The van der Waals surface area contributed by atoms with E-state index in [0.717, 1.165) is 5.56 Å². The molecular weight excluding hydrogens is 320 g/mol. The van der Waals surface area contributed by atoms with Crippen molar-refractivity contribution in [2.24, 2.45) is 0 Å². The Balaban J connectivity index is 2.01. The number of aromatic nitrogens is 2. The number of benzene rings is 1. The van der Waals surface area contributed by atoms with Crippen molar-refractivity contribution >= 4 is 39.8 Å². The standard InChI is InChI=1S/C14H18N4O2S2/c1-14(2,3)8-4-5-10(19)9(6-8)16-11(20)7-21-13-18-17-12(15)22-13/h4-6,19H,7H2,1-3H3,(H2,15,17)(H,16,20). The maximum Gasteiger partial charge on any atom is 0.234 e. The molecule has 6 nitrogen and oxygen atoms in total. The molecule has 2 aromatic rings. The molecule has 8 heteroatoms. The summed E-state index contributed by atoms with van der Waals surface area (Å²) in [5, 5.41) is 20.5. The van der Waals surface area contributed by atoms with Crippen LogP contribution < -0.4 is 11.1 Å². The quantitative estimate of drug-likeness (QED) is 0.585. The lowest BCUT2D eigenvalue weighted by molar-refractivity contribution is -0.113. The Labute approximate surface area is 137 Å². The number of phenolic OH excluding ortho intramolecular Hbond substituents is 1. The monoisotopic (exact) mass is 338 g/mol. The van der Waals surface area contributed by atoms with Gasteiger partial charge in [-0.3, -0.25) is 4.79 Å². The summed E-state index contributed by atoms with van der Waals surface area (Å²) < 4.78 is 0.639. The summed E-state index contributed by atoms with van der Waals surface area (Å²) in [6.45, 7) is 6.21. The SMILES string of the molecule is CC(C)(C)c1ccc(O)c(NC(=O)CSc2nnc(N)s2)c1. The predicted molar refractivity (Wildman–Crippen MR) is 90.5 cm³/mol. The van der Waals surface area contributed by atoms with E-state index in [0.29, 0.717) is 15.2 Å². The van der Waals surface area contributed by atoms with Gasteiger partial charge in [-0.1, -0.05) is 49.9 Å². The summed E-state index contributed by atoms with van der Waals surface area (Å²) in [5.41, 5.74) is 6.86. The fourth-order valence-corrected chi connectivity index (χ4v) is 3.13. The fourth-order valence-electron chi connectivity index (χ4n) is 1.69. The van der Waals surface area contributed by atoms with Crippen LogP contribution in [0.1, 0.15) is 26.3 Å². The highest BCUT2D eigenvalue weighted by molar-refractivity contribution is 8.01. The Hall–Kier alpha value is -1.80. The molecule has 0 aliphatic carbocycles. The second-order valence-corrected chi connectivity index (χ2v) is 7.96. The lowest BCUT2D eigenvalue weighted by atomic mass is 9.87. The summed E-state index contributed by atoms with van der Waals surface area (Å²) in [4.78, 5) is 12.0. The van der Waals surface area contributed by atoms with E-state index in [1.165, 1.54) is 23.1 Å². The van der Waals surface area contributed by atoms with Crippen LogP contribution in [0.3, 0.4) is 0 Å². The van der Waals surface area contributed by atoms with Gasteiger partial charge < -0.3 is 16.2 Å². The maximum atomic E-state index is 12.0. The molecule has 1 aromatic carbocycles. The molecular formula is C14H18N4O2S2. The van der Waals surface area contributed by atoms with Crippen molar-refractivity contribution in [1.29, 1.82) is 0 Å². The molecule has 22 heavy (non-hydrogen) atoms. The first-order chi connectivity index (χ1) is 10.3. The lowest BCUT2D eigenvalue weighted by Crippen LogP contribution is -2.16. The molecule has 118 valence electrons. The Kier molecular flexibility index (Phi) is 4.92. The van der Waals surface area contributed by atoms with Crippen molar-refractivity contribution in [2.75, 3.05) is 16.8 Å². The van der Waals surface area contributed by atoms with Gasteiger partial charge in [0.1, 0.15) is 5.75 Å². The van der Waals surface area contributed by atoms with E-state index in [9.17, 15) is 9.90 Å². The molecule has 0 bridgehead atoms. The largest absolute Gasteiger partial charge is 0.506 e. The van der Waals surface area contributed by atoms with E-state index in [2.05, 4.69) is 36.3 Å². The van der Waals surface area contributed by atoms with Crippen LogP contribution in [0.25, 0.3) is 0 Å². The van der Waals surface area contributed by atoms with Gasteiger partial charge in [0.15, 0.2) is 4.34 Å². The number of rotatable bonds is 4. The van der Waals surface area contributed by atoms with E-state index in [-0.39, 0.29) is 22.8 Å². The van der Waals surface area contributed by atoms with Crippen molar-refractivity contribution in [1.82, 2.24) is 10.2 Å². The zero-order valence-electron chi connectivity index (χ0n) is 12.6. The normalized spacial score (nSPS) is 11.4. The Bertz CT molecular complexity index is 680. The highest BCUT2D eigenvalue weighted by Gasteiger charge is 2.16. The van der Waals surface area contributed by atoms with Crippen LogP contribution in [-0.2, 0) is 10.2 Å². The first-order valence-electron chi connectivity index (χ1n) is 6.61. The van der Waals surface area contributed by atoms with Crippen LogP contribution in [0, 0.1) is 0 Å². The van der Waals surface area contributed by atoms with Gasteiger partial charge >= 0.3 is 0 Å². The van der Waals surface area contributed by atoms with E-state index >= 15 is 0 Å². The lowest BCUT2D eigenvalue weighted by Gasteiger charge is -2.20. The number of hydrogen-bond acceptors (Lipinski definition) is 7. The Morgan fingerprint density at radius 3 is 2.73 bits per heavy atom. The minimum atomic E-state index is -0.222. The van der Waals surface area contributed by atoms with Gasteiger partial charge in [-0.25, -0.2) is 0 Å². The van der Waals surface area contributed by atoms with Crippen LogP contribution in [0.15, 0.2) is 22.5 Å². The Morgan fingerprint density at radius 1 is 1.41 bits per heavy atom. The molecule has 4 N–H and O–H groups in total. The van der Waals surface area contributed by atoms with Crippen molar-refractivity contribution in [3.8, 4) is 5.75 Å². The van der Waals surface area contributed by atoms with Crippen LogP contribution >= 0.6 is 23.1 Å². The molecule has 0 fully saturated rings. The number of phenols is 1. The molecule has 0 aliphatic heterocycles. The van der Waals surface area contributed by atoms with Gasteiger partial charge in [0.25, 0.3) is 0 Å². The average Bonchev–Trinajstić information content (AvgIpc) is 2.83. The third kappa shape index (κ3) is 4.35. The van der Waals surface area contributed by atoms with Crippen LogP contribution in [0.4, 0.5) is 10.8 Å². The van der Waals surface area contributed by atoms with E-state index < -0.39 is 0 Å². The van der Waals surface area contributed by atoms with E-state index in [4.69, 9.17) is 5.73 Å². The molecule has 1 amide bonds. The molecule has 0 radical (unpaired) electrons. The second kappa shape index (κ2) is 6.53. The number of nitrogens with one attached hydrogen (secondary N) is 1. The van der Waals surface area contributed by atoms with Gasteiger partial charge in [0, 0.05) is 0 Å². The number of thioether (sulfide) groups is 1. The van der Waals surface area contributed by atoms with Gasteiger partial charge in [-0.15, -0.1) is 10.2 Å². The van der Waals surface area contributed by atoms with E-state index in [1.807, 2.05) is 6.07 Å². The molecule has 0 saturated carbocycles. The van der Waals surface area contributed by atoms with Crippen molar-refractivity contribution in [3.05, 3.63) is 23.8 Å². The van der Waals surface area contributed by atoms with Gasteiger partial charge in [0.05, 0.1) is 11.4 Å². The van der Waals surface area contributed by atoms with Gasteiger partial charge in [-0.2, -0.15) is 0 Å². The molecule has 0 atom stereocenters. The highest BCUT2D eigenvalue weighted by atomic mass is 32.2. The molecule has 1 heterocycles. The minimum Gasteiger partial charge on any atom is -0.506 e. The first-order valence-corrected chi connectivity index (χ1v) is 8.41. The zero-order valence-corrected chi connectivity index (χ0v) is 14.2. The molecule has 0 unspecified atom stereocenters. The number of nitrogen functional groups attached to an aromatic ring is 1. The average molecular weight is 338 g/mol. The van der Waals surface area contributed by atoms with E-state index in [1.54, 1.807) is 12.1 Å². The van der Waals surface area contributed by atoms with Crippen LogP contribution in [-0.4, -0.2) is 27.0 Å². The summed E-state index contributed by atoms with van der Waals surface area (Å²) in [6.07, 6.45) is 0. The number of aromatic hydroxyl groups is 1. The third-order valence-electron chi connectivity index (χ3n) is 2.89. The van der Waals surface area contributed by atoms with Crippen LogP contribution in [0.2, 0.25) is 0 Å². The molecule has 2 rings (SSSR count). The third-order valence-corrected chi connectivity index (χ3v) is 4.77. The molecule has 1 aromatic heterocycles. The number of hydrogen-bond donors (Lipinski definition) is 3. The van der Waals surface area contributed by atoms with Crippen molar-refractivity contribution in [2.45, 2.75) is 30.5 Å². The van der Waals surface area contributed by atoms with Gasteiger partial charge in [0.2, 0.25) is 11.0 Å². The number of nitrogens with zero attached hydrogens (tertiary/aromatic N) is 2. The van der Waals surface area contributed by atoms with Crippen molar-refractivity contribution < 1.29 is 9.90 Å². The smallest absolute Gasteiger partial charge is 0.234 e. The zero-order chi connectivity index (χ0) is 16.3. The summed E-state index contributed by atoms with van der Waals surface area (Å²) in [6, 6.07) is 5.24. The number of amides is 1. The molecule has 0 spiro atoms. The highest BCUT2D eigenvalue weighted by Crippen LogP contribution is 2.31. The first kappa shape index (κ1) is 16.6. The number of carbonyl (C=O) groups is 1. The second-order valence-electron chi connectivity index (χ2n) is 5.72. The fraction of sp³-hybridized carbons (Fsp3) is 0.357. The number of anilines is 2. The number of nitrogens with two attached hydrogens (primary N) is 1.